The summed E-state index contributed by atoms with van der Waals surface area (Å²) in [6, 6.07) is 22.1. The van der Waals surface area contributed by atoms with Gasteiger partial charge in [-0.3, -0.25) is 0 Å². The van der Waals surface area contributed by atoms with Crippen molar-refractivity contribution in [3.63, 3.8) is 0 Å². The molecule has 0 aliphatic heterocycles. The maximum absolute atomic E-state index is 13.1. The Bertz CT molecular complexity index is 1160. The Balaban J connectivity index is 1.61. The van der Waals surface area contributed by atoms with Gasteiger partial charge in [-0.05, 0) is 66.1 Å². The molecule has 0 unspecified atom stereocenters. The van der Waals surface area contributed by atoms with Crippen LogP contribution < -0.4 is 14.8 Å². The predicted molar refractivity (Wildman–Crippen MR) is 125 cm³/mol. The third-order valence-electron chi connectivity index (χ3n) is 5.16. The smallest absolute Gasteiger partial charge is 0.223 e. The molecule has 0 amide bonds. The highest BCUT2D eigenvalue weighted by molar-refractivity contribution is 5.81. The van der Waals surface area contributed by atoms with Crippen molar-refractivity contribution in [2.45, 2.75) is 6.42 Å². The molecule has 0 radical (unpaired) electrons. The molecule has 0 aliphatic carbocycles. The molecule has 0 atom stereocenters. The Kier molecular flexibility index (Phi) is 6.60. The lowest BCUT2D eigenvalue weighted by molar-refractivity contribution is 0.414. The van der Waals surface area contributed by atoms with E-state index in [1.165, 1.54) is 12.1 Å². The zero-order valence-electron chi connectivity index (χ0n) is 18.0. The van der Waals surface area contributed by atoms with Gasteiger partial charge in [0.2, 0.25) is 5.95 Å². The van der Waals surface area contributed by atoms with Crippen molar-refractivity contribution in [2.24, 2.45) is 0 Å². The molecule has 0 aliphatic rings. The first-order valence-corrected chi connectivity index (χ1v) is 10.3. The lowest BCUT2D eigenvalue weighted by Gasteiger charge is -2.13. The Morgan fingerprint density at radius 2 is 1.38 bits per heavy atom. The fourth-order valence-electron chi connectivity index (χ4n) is 3.39. The van der Waals surface area contributed by atoms with E-state index in [9.17, 15) is 4.39 Å². The number of benzene rings is 3. The average molecular weight is 429 g/mol. The molecule has 0 saturated heterocycles. The maximum Gasteiger partial charge on any atom is 0.223 e. The van der Waals surface area contributed by atoms with E-state index in [4.69, 9.17) is 14.5 Å². The van der Waals surface area contributed by atoms with Gasteiger partial charge < -0.3 is 14.8 Å². The third kappa shape index (κ3) is 5.03. The van der Waals surface area contributed by atoms with Crippen LogP contribution in [-0.4, -0.2) is 30.7 Å². The van der Waals surface area contributed by atoms with Crippen molar-refractivity contribution in [2.75, 3.05) is 26.1 Å². The van der Waals surface area contributed by atoms with E-state index >= 15 is 0 Å². The van der Waals surface area contributed by atoms with Gasteiger partial charge in [0.25, 0.3) is 0 Å². The zero-order chi connectivity index (χ0) is 22.3. The summed E-state index contributed by atoms with van der Waals surface area (Å²) < 4.78 is 23.7. The summed E-state index contributed by atoms with van der Waals surface area (Å²) in [4.78, 5) is 9.33. The fraction of sp³-hybridized carbons (Fsp3) is 0.154. The Morgan fingerprint density at radius 1 is 0.781 bits per heavy atom. The summed E-state index contributed by atoms with van der Waals surface area (Å²) in [5.74, 6) is 1.88. The quantitative estimate of drug-likeness (QED) is 0.394. The van der Waals surface area contributed by atoms with Crippen LogP contribution in [0.25, 0.3) is 22.4 Å². The summed E-state index contributed by atoms with van der Waals surface area (Å²) in [5, 5.41) is 3.28. The number of halogens is 1. The Labute approximate surface area is 186 Å². The van der Waals surface area contributed by atoms with Gasteiger partial charge >= 0.3 is 0 Å². The Morgan fingerprint density at radius 3 is 1.97 bits per heavy atom. The summed E-state index contributed by atoms with van der Waals surface area (Å²) in [5.41, 5.74) is 4.73. The summed E-state index contributed by atoms with van der Waals surface area (Å²) in [7, 11) is 3.29. The third-order valence-corrected chi connectivity index (χ3v) is 5.16. The molecule has 32 heavy (non-hydrogen) atoms. The van der Waals surface area contributed by atoms with Crippen LogP contribution in [0.1, 0.15) is 5.56 Å². The topological polar surface area (TPSA) is 56.3 Å². The van der Waals surface area contributed by atoms with Crippen molar-refractivity contribution >= 4 is 5.95 Å². The number of hydrogen-bond acceptors (Lipinski definition) is 5. The second-order valence-electron chi connectivity index (χ2n) is 7.22. The standard InChI is InChI=1S/C26H24FN3O2/c1-31-22-11-5-19(6-12-22)24-17-29-26(28-16-15-18-3-9-21(27)10-4-18)30-25(24)20-7-13-23(32-2)14-8-20/h3-14,17H,15-16H2,1-2H3,(H,28,29,30). The minimum absolute atomic E-state index is 0.233. The number of nitrogens with zero attached hydrogens (tertiary/aromatic N) is 2. The number of aromatic nitrogens is 2. The van der Waals surface area contributed by atoms with Crippen LogP contribution in [0.5, 0.6) is 11.5 Å². The largest absolute Gasteiger partial charge is 0.497 e. The van der Waals surface area contributed by atoms with Crippen LogP contribution in [0, 0.1) is 5.82 Å². The molecule has 1 heterocycles. The monoisotopic (exact) mass is 429 g/mol. The number of hydrogen-bond donors (Lipinski definition) is 1. The van der Waals surface area contributed by atoms with Gasteiger partial charge in [0.15, 0.2) is 0 Å². The molecule has 162 valence electrons. The van der Waals surface area contributed by atoms with Crippen LogP contribution >= 0.6 is 0 Å². The molecular formula is C26H24FN3O2. The van der Waals surface area contributed by atoms with Crippen LogP contribution in [0.3, 0.4) is 0 Å². The van der Waals surface area contributed by atoms with E-state index in [1.54, 1.807) is 26.4 Å². The van der Waals surface area contributed by atoms with E-state index < -0.39 is 0 Å². The first-order valence-electron chi connectivity index (χ1n) is 10.3. The van der Waals surface area contributed by atoms with Crippen LogP contribution in [-0.2, 0) is 6.42 Å². The van der Waals surface area contributed by atoms with E-state index in [0.717, 1.165) is 45.9 Å². The molecule has 5 nitrogen and oxygen atoms in total. The first kappa shape index (κ1) is 21.3. The van der Waals surface area contributed by atoms with E-state index in [-0.39, 0.29) is 5.82 Å². The van der Waals surface area contributed by atoms with Crippen LogP contribution in [0.15, 0.2) is 79.0 Å². The molecule has 4 rings (SSSR count). The van der Waals surface area contributed by atoms with Gasteiger partial charge in [0, 0.05) is 23.9 Å². The van der Waals surface area contributed by atoms with Crippen molar-refractivity contribution in [3.05, 3.63) is 90.4 Å². The number of rotatable bonds is 8. The highest BCUT2D eigenvalue weighted by Gasteiger charge is 2.12. The summed E-state index contributed by atoms with van der Waals surface area (Å²) in [6.07, 6.45) is 2.57. The highest BCUT2D eigenvalue weighted by Crippen LogP contribution is 2.32. The SMILES string of the molecule is COc1ccc(-c2cnc(NCCc3ccc(F)cc3)nc2-c2ccc(OC)cc2)cc1. The zero-order valence-corrected chi connectivity index (χ0v) is 18.0. The van der Waals surface area contributed by atoms with Gasteiger partial charge in [-0.15, -0.1) is 0 Å². The highest BCUT2D eigenvalue weighted by atomic mass is 19.1. The fourth-order valence-corrected chi connectivity index (χ4v) is 3.39. The molecule has 1 N–H and O–H groups in total. The minimum atomic E-state index is -0.233. The van der Waals surface area contributed by atoms with Gasteiger partial charge in [-0.1, -0.05) is 24.3 Å². The second-order valence-corrected chi connectivity index (χ2v) is 7.22. The number of ether oxygens (including phenoxy) is 2. The van der Waals surface area contributed by atoms with Crippen molar-refractivity contribution < 1.29 is 13.9 Å². The number of methoxy groups -OCH3 is 2. The summed E-state index contributed by atoms with van der Waals surface area (Å²) >= 11 is 0. The van der Waals surface area contributed by atoms with Gasteiger partial charge in [0.05, 0.1) is 19.9 Å². The first-order chi connectivity index (χ1) is 15.7. The van der Waals surface area contributed by atoms with E-state index in [1.807, 2.05) is 54.7 Å². The van der Waals surface area contributed by atoms with Gasteiger partial charge in [-0.25, -0.2) is 14.4 Å². The van der Waals surface area contributed by atoms with Crippen LogP contribution in [0.4, 0.5) is 10.3 Å². The number of anilines is 1. The predicted octanol–water partition coefficient (Wildman–Crippen LogP) is 5.62. The molecule has 1 aromatic heterocycles. The van der Waals surface area contributed by atoms with Crippen molar-refractivity contribution in [1.82, 2.24) is 9.97 Å². The lowest BCUT2D eigenvalue weighted by Crippen LogP contribution is -2.09. The van der Waals surface area contributed by atoms with Crippen LogP contribution in [0.2, 0.25) is 0 Å². The van der Waals surface area contributed by atoms with Crippen molar-refractivity contribution in [1.29, 1.82) is 0 Å². The maximum atomic E-state index is 13.1. The average Bonchev–Trinajstić information content (AvgIpc) is 2.85. The Hall–Kier alpha value is -3.93. The molecule has 6 heteroatoms. The summed E-state index contributed by atoms with van der Waals surface area (Å²) in [6.45, 7) is 0.634. The number of nitrogens with one attached hydrogen (secondary N) is 1. The second kappa shape index (κ2) is 9.92. The minimum Gasteiger partial charge on any atom is -0.497 e. The van der Waals surface area contributed by atoms with E-state index in [2.05, 4.69) is 10.3 Å². The molecular weight excluding hydrogens is 405 g/mol. The molecule has 0 spiro atoms. The van der Waals surface area contributed by atoms with Crippen molar-refractivity contribution in [3.8, 4) is 33.9 Å². The lowest BCUT2D eigenvalue weighted by atomic mass is 10.0. The molecule has 0 fully saturated rings. The molecule has 4 aromatic rings. The van der Waals surface area contributed by atoms with Gasteiger partial charge in [0.1, 0.15) is 17.3 Å². The van der Waals surface area contributed by atoms with E-state index in [0.29, 0.717) is 12.5 Å². The molecule has 3 aromatic carbocycles. The van der Waals surface area contributed by atoms with Gasteiger partial charge in [-0.2, -0.15) is 0 Å². The normalized spacial score (nSPS) is 10.6. The molecule has 0 saturated carbocycles. The molecule has 0 bridgehead atoms.